The van der Waals surface area contributed by atoms with Gasteiger partial charge in [0.2, 0.25) is 5.91 Å². The Hall–Kier alpha value is -2.06. The molecule has 0 bridgehead atoms. The molecule has 23 heavy (non-hydrogen) atoms. The molecule has 2 amide bonds. The van der Waals surface area contributed by atoms with Gasteiger partial charge in [0.25, 0.3) is 5.91 Å². The molecular formula is C15H13BrN2O4S. The van der Waals surface area contributed by atoms with Crippen LogP contribution in [0.15, 0.2) is 34.1 Å². The van der Waals surface area contributed by atoms with Gasteiger partial charge in [-0.05, 0) is 45.8 Å². The number of hydrogen-bond donors (Lipinski definition) is 2. The molecule has 120 valence electrons. The van der Waals surface area contributed by atoms with Crippen LogP contribution < -0.4 is 20.3 Å². The Morgan fingerprint density at radius 2 is 1.87 bits per heavy atom. The lowest BCUT2D eigenvalue weighted by molar-refractivity contribution is -0.121. The number of fused-ring (bicyclic) bond motifs is 1. The molecule has 3 rings (SSSR count). The van der Waals surface area contributed by atoms with Gasteiger partial charge in [-0.2, -0.15) is 0 Å². The first kappa shape index (κ1) is 15.8. The molecule has 0 saturated carbocycles. The number of halogens is 1. The molecule has 2 N–H and O–H groups in total. The number of carbonyl (C=O) groups is 2. The predicted molar refractivity (Wildman–Crippen MR) is 88.8 cm³/mol. The lowest BCUT2D eigenvalue weighted by Gasteiger charge is -2.18. The maximum atomic E-state index is 11.9. The molecular weight excluding hydrogens is 384 g/mol. The zero-order valence-corrected chi connectivity index (χ0v) is 14.3. The van der Waals surface area contributed by atoms with Crippen LogP contribution in [0.4, 0.5) is 0 Å². The highest BCUT2D eigenvalue weighted by molar-refractivity contribution is 9.11. The molecule has 0 spiro atoms. The maximum Gasteiger partial charge on any atom is 0.279 e. The van der Waals surface area contributed by atoms with Crippen molar-refractivity contribution in [3.63, 3.8) is 0 Å². The van der Waals surface area contributed by atoms with Crippen LogP contribution >= 0.6 is 27.3 Å². The molecule has 0 aliphatic carbocycles. The van der Waals surface area contributed by atoms with E-state index < -0.39 is 0 Å². The molecule has 1 aromatic carbocycles. The summed E-state index contributed by atoms with van der Waals surface area (Å²) in [4.78, 5) is 24.3. The quantitative estimate of drug-likeness (QED) is 0.780. The van der Waals surface area contributed by atoms with Gasteiger partial charge in [0.05, 0.1) is 15.1 Å². The minimum Gasteiger partial charge on any atom is -0.486 e. The second-order valence-corrected chi connectivity index (χ2v) is 7.22. The minimum atomic E-state index is -0.351. The number of carbonyl (C=O) groups excluding carboxylic acids is 2. The molecule has 2 heterocycles. The highest BCUT2D eigenvalue weighted by Crippen LogP contribution is 2.30. The average molecular weight is 397 g/mol. The van der Waals surface area contributed by atoms with Crippen molar-refractivity contribution in [3.8, 4) is 11.5 Å². The van der Waals surface area contributed by atoms with Crippen LogP contribution in [0.1, 0.15) is 15.2 Å². The number of amides is 2. The number of ether oxygens (including phenoxy) is 2. The summed E-state index contributed by atoms with van der Waals surface area (Å²) in [6, 6.07) is 8.80. The molecule has 6 nitrogen and oxygen atoms in total. The van der Waals surface area contributed by atoms with E-state index in [1.54, 1.807) is 30.3 Å². The molecule has 0 atom stereocenters. The van der Waals surface area contributed by atoms with Gasteiger partial charge in [-0.15, -0.1) is 11.3 Å². The highest BCUT2D eigenvalue weighted by atomic mass is 79.9. The normalized spacial score (nSPS) is 12.6. The Labute approximate surface area is 144 Å². The first-order valence-electron chi connectivity index (χ1n) is 6.85. The zero-order valence-electron chi connectivity index (χ0n) is 11.9. The third-order valence-electron chi connectivity index (χ3n) is 3.08. The van der Waals surface area contributed by atoms with Crippen molar-refractivity contribution in [2.75, 3.05) is 13.2 Å². The van der Waals surface area contributed by atoms with Gasteiger partial charge in [-0.3, -0.25) is 20.4 Å². The van der Waals surface area contributed by atoms with Crippen LogP contribution in [0.2, 0.25) is 0 Å². The topological polar surface area (TPSA) is 76.7 Å². The number of thiophene rings is 1. The summed E-state index contributed by atoms with van der Waals surface area (Å²) in [5, 5.41) is 0. The molecule has 0 fully saturated rings. The van der Waals surface area contributed by atoms with E-state index in [-0.39, 0.29) is 18.2 Å². The van der Waals surface area contributed by atoms with Crippen LogP contribution in [-0.4, -0.2) is 25.0 Å². The number of hydrazine groups is 1. The Morgan fingerprint density at radius 1 is 1.09 bits per heavy atom. The van der Waals surface area contributed by atoms with Crippen molar-refractivity contribution in [3.05, 3.63) is 44.6 Å². The lowest BCUT2D eigenvalue weighted by atomic mass is 10.1. The highest BCUT2D eigenvalue weighted by Gasteiger charge is 2.14. The van der Waals surface area contributed by atoms with Crippen LogP contribution in [0.5, 0.6) is 11.5 Å². The number of benzene rings is 1. The third kappa shape index (κ3) is 4.02. The summed E-state index contributed by atoms with van der Waals surface area (Å²) in [5.41, 5.74) is 5.57. The van der Waals surface area contributed by atoms with Crippen molar-refractivity contribution in [2.45, 2.75) is 6.42 Å². The van der Waals surface area contributed by atoms with Gasteiger partial charge < -0.3 is 9.47 Å². The van der Waals surface area contributed by atoms with E-state index in [0.29, 0.717) is 29.6 Å². The molecule has 0 saturated heterocycles. The van der Waals surface area contributed by atoms with Crippen molar-refractivity contribution < 1.29 is 19.1 Å². The van der Waals surface area contributed by atoms with Crippen molar-refractivity contribution >= 4 is 39.1 Å². The summed E-state index contributed by atoms with van der Waals surface area (Å²) in [5.74, 6) is 0.646. The number of rotatable bonds is 3. The summed E-state index contributed by atoms with van der Waals surface area (Å²) < 4.78 is 11.8. The van der Waals surface area contributed by atoms with E-state index in [4.69, 9.17) is 9.47 Å². The first-order chi connectivity index (χ1) is 11.1. The van der Waals surface area contributed by atoms with E-state index in [1.807, 2.05) is 0 Å². The van der Waals surface area contributed by atoms with Crippen LogP contribution in [0.3, 0.4) is 0 Å². The van der Waals surface area contributed by atoms with Crippen molar-refractivity contribution in [2.24, 2.45) is 0 Å². The van der Waals surface area contributed by atoms with Crippen LogP contribution in [0.25, 0.3) is 0 Å². The van der Waals surface area contributed by atoms with E-state index in [9.17, 15) is 9.59 Å². The monoisotopic (exact) mass is 396 g/mol. The van der Waals surface area contributed by atoms with Gasteiger partial charge in [0.15, 0.2) is 11.5 Å². The smallest absolute Gasteiger partial charge is 0.279 e. The van der Waals surface area contributed by atoms with Crippen molar-refractivity contribution in [1.82, 2.24) is 10.9 Å². The van der Waals surface area contributed by atoms with Gasteiger partial charge in [0.1, 0.15) is 13.2 Å². The Balaban J connectivity index is 1.54. The first-order valence-corrected chi connectivity index (χ1v) is 8.46. The van der Waals surface area contributed by atoms with Gasteiger partial charge in [-0.1, -0.05) is 6.07 Å². The molecule has 8 heteroatoms. The van der Waals surface area contributed by atoms with Gasteiger partial charge in [-0.25, -0.2) is 0 Å². The summed E-state index contributed by atoms with van der Waals surface area (Å²) in [6.45, 7) is 1.02. The van der Waals surface area contributed by atoms with E-state index in [1.165, 1.54) is 11.3 Å². The molecule has 0 radical (unpaired) electrons. The maximum absolute atomic E-state index is 11.9. The number of nitrogens with one attached hydrogen (secondary N) is 2. The second-order valence-electron chi connectivity index (χ2n) is 4.76. The fourth-order valence-corrected chi connectivity index (χ4v) is 3.33. The molecule has 1 aliphatic rings. The van der Waals surface area contributed by atoms with Crippen molar-refractivity contribution in [1.29, 1.82) is 0 Å². The third-order valence-corrected chi connectivity index (χ3v) is 4.71. The second kappa shape index (κ2) is 7.01. The van der Waals surface area contributed by atoms with Crippen LogP contribution in [-0.2, 0) is 11.2 Å². The summed E-state index contributed by atoms with van der Waals surface area (Å²) in [6.07, 6.45) is 0.130. The lowest BCUT2D eigenvalue weighted by Crippen LogP contribution is -2.42. The fourth-order valence-electron chi connectivity index (χ4n) is 2.05. The van der Waals surface area contributed by atoms with Crippen LogP contribution in [0, 0.1) is 0 Å². The zero-order chi connectivity index (χ0) is 16.2. The Bertz CT molecular complexity index is 747. The average Bonchev–Trinajstić information content (AvgIpc) is 2.99. The molecule has 1 aromatic heterocycles. The predicted octanol–water partition coefficient (Wildman–Crippen LogP) is 2.29. The number of hydrogen-bond acceptors (Lipinski definition) is 5. The summed E-state index contributed by atoms with van der Waals surface area (Å²) in [7, 11) is 0. The minimum absolute atomic E-state index is 0.130. The molecule has 1 aliphatic heterocycles. The molecule has 0 unspecified atom stereocenters. The van der Waals surface area contributed by atoms with E-state index in [2.05, 4.69) is 26.8 Å². The Kier molecular flexibility index (Phi) is 4.82. The van der Waals surface area contributed by atoms with E-state index >= 15 is 0 Å². The Morgan fingerprint density at radius 3 is 2.61 bits per heavy atom. The largest absolute Gasteiger partial charge is 0.486 e. The standard InChI is InChI=1S/C15H13BrN2O4S/c16-13-4-3-12(23-13)15(20)18-17-14(19)8-9-1-2-10-11(7-9)22-6-5-21-10/h1-4,7H,5-6,8H2,(H,17,19)(H,18,20). The van der Waals surface area contributed by atoms with E-state index in [0.717, 1.165) is 9.35 Å². The SMILES string of the molecule is O=C(Cc1ccc2c(c1)OCCO2)NNC(=O)c1ccc(Br)s1. The van der Waals surface area contributed by atoms with Gasteiger partial charge >= 0.3 is 0 Å². The molecule has 2 aromatic rings. The van der Waals surface area contributed by atoms with Gasteiger partial charge in [0, 0.05) is 0 Å². The fraction of sp³-hybridized carbons (Fsp3) is 0.200. The summed E-state index contributed by atoms with van der Waals surface area (Å²) >= 11 is 4.57.